The second-order valence-electron chi connectivity index (χ2n) is 6.95. The van der Waals surface area contributed by atoms with Gasteiger partial charge in [-0.2, -0.15) is 0 Å². The smallest absolute Gasteiger partial charge is 0.410 e. The van der Waals surface area contributed by atoms with Crippen LogP contribution in [0.4, 0.5) is 4.79 Å². The molecule has 0 spiro atoms. The molecule has 0 heterocycles. The monoisotopic (exact) mass is 352 g/mol. The molecule has 1 aliphatic carbocycles. The first kappa shape index (κ1) is 18.5. The zero-order chi connectivity index (χ0) is 18.2. The molecule has 0 saturated heterocycles. The first-order chi connectivity index (χ1) is 12.8. The van der Waals surface area contributed by atoms with E-state index in [1.54, 1.807) is 0 Å². The molecule has 0 aromatic heterocycles. The highest BCUT2D eigenvalue weighted by molar-refractivity contribution is 5.68. The molecule has 0 atom stereocenters. The maximum Gasteiger partial charge on any atom is 0.410 e. The molecule has 26 heavy (non-hydrogen) atoms. The van der Waals surface area contributed by atoms with Crippen molar-refractivity contribution in [1.29, 1.82) is 0 Å². The lowest BCUT2D eigenvalue weighted by atomic mass is 9.90. The van der Waals surface area contributed by atoms with Crippen molar-refractivity contribution in [3.8, 4) is 0 Å². The van der Waals surface area contributed by atoms with Crippen molar-refractivity contribution in [3.63, 3.8) is 0 Å². The van der Waals surface area contributed by atoms with Crippen LogP contribution in [0, 0.1) is 0 Å². The number of nitrogens with one attached hydrogen (secondary N) is 1. The van der Waals surface area contributed by atoms with Gasteiger partial charge in [-0.25, -0.2) is 4.79 Å². The molecule has 0 bridgehead atoms. The molecule has 2 aromatic rings. The molecular formula is C22H28N2O2. The lowest BCUT2D eigenvalue weighted by Gasteiger charge is -2.36. The molecule has 4 nitrogen and oxygen atoms in total. The summed E-state index contributed by atoms with van der Waals surface area (Å²) in [6, 6.07) is 20.8. The number of rotatable bonds is 6. The summed E-state index contributed by atoms with van der Waals surface area (Å²) in [6.07, 6.45) is 4.00. The summed E-state index contributed by atoms with van der Waals surface area (Å²) >= 11 is 0. The first-order valence-electron chi connectivity index (χ1n) is 9.45. The molecule has 0 unspecified atom stereocenters. The van der Waals surface area contributed by atoms with E-state index in [-0.39, 0.29) is 12.1 Å². The van der Waals surface area contributed by atoms with E-state index in [9.17, 15) is 4.79 Å². The number of ether oxygens (including phenoxy) is 1. The summed E-state index contributed by atoms with van der Waals surface area (Å²) in [5.74, 6) is 0. The highest BCUT2D eigenvalue weighted by Crippen LogP contribution is 2.25. The van der Waals surface area contributed by atoms with E-state index in [0.29, 0.717) is 19.2 Å². The van der Waals surface area contributed by atoms with E-state index in [4.69, 9.17) is 4.74 Å². The van der Waals surface area contributed by atoms with Gasteiger partial charge in [0.2, 0.25) is 0 Å². The van der Waals surface area contributed by atoms with Crippen LogP contribution < -0.4 is 5.32 Å². The van der Waals surface area contributed by atoms with Gasteiger partial charge in [0.05, 0.1) is 0 Å². The zero-order valence-corrected chi connectivity index (χ0v) is 15.4. The van der Waals surface area contributed by atoms with E-state index in [1.165, 1.54) is 0 Å². The van der Waals surface area contributed by atoms with Gasteiger partial charge in [-0.1, -0.05) is 60.7 Å². The van der Waals surface area contributed by atoms with Crippen LogP contribution >= 0.6 is 0 Å². The van der Waals surface area contributed by atoms with Crippen LogP contribution in [0.1, 0.15) is 36.8 Å². The summed E-state index contributed by atoms with van der Waals surface area (Å²) in [7, 11) is 2.01. The van der Waals surface area contributed by atoms with Crippen LogP contribution in [-0.2, 0) is 17.9 Å². The minimum absolute atomic E-state index is 0.217. The Morgan fingerprint density at radius 3 is 2.12 bits per heavy atom. The lowest BCUT2D eigenvalue weighted by Crippen LogP contribution is -2.44. The number of nitrogens with zero attached hydrogens (tertiary/aromatic N) is 1. The van der Waals surface area contributed by atoms with Gasteiger partial charge in [-0.15, -0.1) is 0 Å². The van der Waals surface area contributed by atoms with Gasteiger partial charge < -0.3 is 15.0 Å². The first-order valence-corrected chi connectivity index (χ1v) is 9.45. The number of amides is 1. The van der Waals surface area contributed by atoms with Crippen molar-refractivity contribution < 1.29 is 9.53 Å². The third-order valence-electron chi connectivity index (χ3n) is 5.18. The summed E-state index contributed by atoms with van der Waals surface area (Å²) in [4.78, 5) is 14.8. The molecule has 0 aliphatic heterocycles. The van der Waals surface area contributed by atoms with Gasteiger partial charge in [0.15, 0.2) is 0 Å². The van der Waals surface area contributed by atoms with E-state index in [0.717, 1.165) is 36.8 Å². The number of hydrogen-bond acceptors (Lipinski definition) is 3. The second-order valence-corrected chi connectivity index (χ2v) is 6.95. The summed E-state index contributed by atoms with van der Waals surface area (Å²) < 4.78 is 5.64. The van der Waals surface area contributed by atoms with Crippen LogP contribution in [-0.4, -0.2) is 30.1 Å². The third-order valence-corrected chi connectivity index (χ3v) is 5.18. The van der Waals surface area contributed by atoms with Crippen molar-refractivity contribution in [2.24, 2.45) is 0 Å². The predicted octanol–water partition coefficient (Wildman–Crippen LogP) is 4.36. The molecule has 1 aliphatic rings. The van der Waals surface area contributed by atoms with Gasteiger partial charge in [-0.3, -0.25) is 0 Å². The summed E-state index contributed by atoms with van der Waals surface area (Å²) in [5.41, 5.74) is 2.15. The van der Waals surface area contributed by atoms with Crippen LogP contribution in [0.2, 0.25) is 0 Å². The van der Waals surface area contributed by atoms with Crippen molar-refractivity contribution >= 4 is 6.09 Å². The van der Waals surface area contributed by atoms with E-state index < -0.39 is 0 Å². The molecule has 2 aromatic carbocycles. The third kappa shape index (κ3) is 5.09. The van der Waals surface area contributed by atoms with Gasteiger partial charge in [-0.05, 0) is 43.9 Å². The van der Waals surface area contributed by atoms with Crippen molar-refractivity contribution in [3.05, 3.63) is 71.8 Å². The topological polar surface area (TPSA) is 41.6 Å². The molecule has 138 valence electrons. The van der Waals surface area contributed by atoms with Gasteiger partial charge >= 0.3 is 6.09 Å². The highest BCUT2D eigenvalue weighted by atomic mass is 16.6. The highest BCUT2D eigenvalue weighted by Gasteiger charge is 2.29. The number of carbonyl (C=O) groups is 1. The predicted molar refractivity (Wildman–Crippen MR) is 104 cm³/mol. The molecule has 1 fully saturated rings. The molecule has 4 heteroatoms. The van der Waals surface area contributed by atoms with E-state index >= 15 is 0 Å². The quantitative estimate of drug-likeness (QED) is 0.840. The van der Waals surface area contributed by atoms with Crippen molar-refractivity contribution in [1.82, 2.24) is 10.2 Å². The van der Waals surface area contributed by atoms with Gasteiger partial charge in [0, 0.05) is 18.6 Å². The lowest BCUT2D eigenvalue weighted by molar-refractivity contribution is 0.0659. The van der Waals surface area contributed by atoms with Crippen molar-refractivity contribution in [2.75, 3.05) is 7.05 Å². The fourth-order valence-electron chi connectivity index (χ4n) is 3.60. The van der Waals surface area contributed by atoms with E-state index in [1.807, 2.05) is 60.5 Å². The SMILES string of the molecule is CNC1CCC(N(Cc2ccccc2)C(=O)OCc2ccccc2)CC1. The average molecular weight is 352 g/mol. The Morgan fingerprint density at radius 1 is 0.962 bits per heavy atom. The number of hydrogen-bond donors (Lipinski definition) is 1. The second kappa shape index (κ2) is 9.39. The Hall–Kier alpha value is -2.33. The summed E-state index contributed by atoms with van der Waals surface area (Å²) in [6.45, 7) is 0.917. The van der Waals surface area contributed by atoms with Gasteiger partial charge in [0.1, 0.15) is 6.61 Å². The maximum atomic E-state index is 12.9. The Kier molecular flexibility index (Phi) is 6.67. The van der Waals surface area contributed by atoms with Gasteiger partial charge in [0.25, 0.3) is 0 Å². The minimum atomic E-state index is -0.217. The maximum absolute atomic E-state index is 12.9. The fraction of sp³-hybridized carbons (Fsp3) is 0.409. The summed E-state index contributed by atoms with van der Waals surface area (Å²) in [5, 5.41) is 3.35. The Balaban J connectivity index is 1.66. The van der Waals surface area contributed by atoms with Crippen LogP contribution in [0.5, 0.6) is 0 Å². The Bertz CT molecular complexity index is 667. The molecular weight excluding hydrogens is 324 g/mol. The molecule has 1 N–H and O–H groups in total. The van der Waals surface area contributed by atoms with Crippen molar-refractivity contribution in [2.45, 2.75) is 50.9 Å². The zero-order valence-electron chi connectivity index (χ0n) is 15.4. The van der Waals surface area contributed by atoms with Crippen LogP contribution in [0.3, 0.4) is 0 Å². The normalized spacial score (nSPS) is 19.7. The Morgan fingerprint density at radius 2 is 1.54 bits per heavy atom. The minimum Gasteiger partial charge on any atom is -0.445 e. The largest absolute Gasteiger partial charge is 0.445 e. The molecule has 3 rings (SSSR count). The number of benzene rings is 2. The number of carbonyl (C=O) groups excluding carboxylic acids is 1. The molecule has 0 radical (unpaired) electrons. The van der Waals surface area contributed by atoms with E-state index in [2.05, 4.69) is 17.4 Å². The molecule has 1 saturated carbocycles. The van der Waals surface area contributed by atoms with Crippen LogP contribution in [0.15, 0.2) is 60.7 Å². The Labute approximate surface area is 156 Å². The molecule has 1 amide bonds. The average Bonchev–Trinajstić information content (AvgIpc) is 2.72. The standard InChI is InChI=1S/C22H28N2O2/c1-23-20-12-14-21(15-13-20)24(16-18-8-4-2-5-9-18)22(25)26-17-19-10-6-3-7-11-19/h2-11,20-21,23H,12-17H2,1H3. The fourth-order valence-corrected chi connectivity index (χ4v) is 3.60. The van der Waals surface area contributed by atoms with Crippen LogP contribution in [0.25, 0.3) is 0 Å².